The zero-order valence-corrected chi connectivity index (χ0v) is 11.0. The van der Waals surface area contributed by atoms with Crippen molar-refractivity contribution in [2.24, 2.45) is 0 Å². The summed E-state index contributed by atoms with van der Waals surface area (Å²) < 4.78 is 2.95. The minimum atomic E-state index is 0.0691. The second kappa shape index (κ2) is 4.18. The molecular weight excluding hydrogens is 280 g/mol. The molecule has 0 amide bonds. The van der Waals surface area contributed by atoms with Gasteiger partial charge in [-0.2, -0.15) is 0 Å². The van der Waals surface area contributed by atoms with Crippen LogP contribution in [0.1, 0.15) is 24.1 Å². The number of H-pyrrole nitrogens is 1. The molecule has 1 aromatic heterocycles. The third-order valence-corrected chi connectivity index (χ3v) is 3.76. The molecule has 0 bridgehead atoms. The van der Waals surface area contributed by atoms with Crippen LogP contribution in [0.25, 0.3) is 5.69 Å². The average Bonchev–Trinajstić information content (AvgIpc) is 2.68. The van der Waals surface area contributed by atoms with Crippen molar-refractivity contribution in [3.8, 4) is 5.69 Å². The Bertz CT molecular complexity index is 612. The molecule has 0 spiro atoms. The molecule has 0 fully saturated rings. The molecule has 3 nitrogen and oxygen atoms in total. The highest BCUT2D eigenvalue weighted by atomic mass is 79.9. The van der Waals surface area contributed by atoms with E-state index < -0.39 is 0 Å². The zero-order chi connectivity index (χ0) is 11.8. The van der Waals surface area contributed by atoms with Gasteiger partial charge in [-0.3, -0.25) is 14.6 Å². The summed E-state index contributed by atoms with van der Waals surface area (Å²) in [4.78, 5) is 11.9. The van der Waals surface area contributed by atoms with E-state index in [1.54, 1.807) is 0 Å². The number of nitrogens with one attached hydrogen (secondary N) is 1. The van der Waals surface area contributed by atoms with Gasteiger partial charge < -0.3 is 0 Å². The Balaban J connectivity index is 2.18. The molecule has 0 radical (unpaired) electrons. The fraction of sp³-hybridized carbons (Fsp3) is 0.308. The molecule has 0 unspecified atom stereocenters. The van der Waals surface area contributed by atoms with Gasteiger partial charge in [-0.15, -0.1) is 0 Å². The Hall–Kier alpha value is -1.29. The minimum absolute atomic E-state index is 0.0691. The van der Waals surface area contributed by atoms with Crippen LogP contribution in [0.3, 0.4) is 0 Å². The first-order valence-corrected chi connectivity index (χ1v) is 6.64. The standard InChI is InChI=1S/C13H13BrN2O/c14-9-4-3-5-10(8-9)16-12-7-2-1-6-11(12)13(17)15-16/h3-5,8H,1-2,6-7H2,(H,15,17). The quantitative estimate of drug-likeness (QED) is 0.862. The van der Waals surface area contributed by atoms with Crippen LogP contribution in [0.15, 0.2) is 33.5 Å². The van der Waals surface area contributed by atoms with Crippen molar-refractivity contribution in [2.75, 3.05) is 0 Å². The Morgan fingerprint density at radius 3 is 2.88 bits per heavy atom. The lowest BCUT2D eigenvalue weighted by Crippen LogP contribution is -2.10. The molecule has 0 atom stereocenters. The number of benzene rings is 1. The largest absolute Gasteiger partial charge is 0.268 e. The second-order valence-corrected chi connectivity index (χ2v) is 5.30. The fourth-order valence-corrected chi connectivity index (χ4v) is 2.84. The van der Waals surface area contributed by atoms with E-state index in [9.17, 15) is 4.79 Å². The van der Waals surface area contributed by atoms with Crippen LogP contribution in [0.4, 0.5) is 0 Å². The summed E-state index contributed by atoms with van der Waals surface area (Å²) in [7, 11) is 0. The number of hydrogen-bond acceptors (Lipinski definition) is 1. The number of aromatic nitrogens is 2. The van der Waals surface area contributed by atoms with Crippen LogP contribution < -0.4 is 5.56 Å². The normalized spacial score (nSPS) is 14.6. The summed E-state index contributed by atoms with van der Waals surface area (Å²) in [5.74, 6) is 0. The lowest BCUT2D eigenvalue weighted by atomic mass is 9.98. The highest BCUT2D eigenvalue weighted by Crippen LogP contribution is 2.22. The van der Waals surface area contributed by atoms with Crippen LogP contribution in [-0.2, 0) is 12.8 Å². The van der Waals surface area contributed by atoms with Crippen molar-refractivity contribution in [3.05, 3.63) is 50.3 Å². The topological polar surface area (TPSA) is 37.8 Å². The van der Waals surface area contributed by atoms with Gasteiger partial charge in [-0.25, -0.2) is 0 Å². The third-order valence-electron chi connectivity index (χ3n) is 3.26. The van der Waals surface area contributed by atoms with Gasteiger partial charge in [0.1, 0.15) is 0 Å². The minimum Gasteiger partial charge on any atom is -0.268 e. The lowest BCUT2D eigenvalue weighted by Gasteiger charge is -2.13. The third kappa shape index (κ3) is 1.86. The summed E-state index contributed by atoms with van der Waals surface area (Å²) in [5, 5.41) is 2.94. The SMILES string of the molecule is O=c1[nH]n(-c2cccc(Br)c2)c2c1CCCC2. The maximum atomic E-state index is 11.9. The van der Waals surface area contributed by atoms with Gasteiger partial charge in [0, 0.05) is 15.7 Å². The molecule has 17 heavy (non-hydrogen) atoms. The van der Waals surface area contributed by atoms with Crippen LogP contribution in [0.2, 0.25) is 0 Å². The molecule has 1 aromatic carbocycles. The summed E-state index contributed by atoms with van der Waals surface area (Å²) >= 11 is 3.46. The molecule has 1 heterocycles. The first-order valence-electron chi connectivity index (χ1n) is 5.84. The van der Waals surface area contributed by atoms with Crippen molar-refractivity contribution < 1.29 is 0 Å². The van der Waals surface area contributed by atoms with E-state index in [0.717, 1.165) is 47.1 Å². The molecule has 2 aromatic rings. The van der Waals surface area contributed by atoms with Crippen LogP contribution >= 0.6 is 15.9 Å². The molecule has 0 saturated heterocycles. The Labute approximate surface area is 108 Å². The number of halogens is 1. The van der Waals surface area contributed by atoms with Crippen molar-refractivity contribution >= 4 is 15.9 Å². The molecule has 1 aliphatic carbocycles. The monoisotopic (exact) mass is 292 g/mol. The molecule has 0 saturated carbocycles. The van der Waals surface area contributed by atoms with E-state index in [0.29, 0.717) is 0 Å². The molecule has 0 aliphatic heterocycles. The summed E-state index contributed by atoms with van der Waals surface area (Å²) in [6.07, 6.45) is 4.18. The van der Waals surface area contributed by atoms with E-state index >= 15 is 0 Å². The van der Waals surface area contributed by atoms with E-state index in [1.165, 1.54) is 0 Å². The van der Waals surface area contributed by atoms with Crippen molar-refractivity contribution in [1.29, 1.82) is 0 Å². The van der Waals surface area contributed by atoms with E-state index in [2.05, 4.69) is 21.0 Å². The molecule has 1 N–H and O–H groups in total. The predicted octanol–water partition coefficient (Wildman–Crippen LogP) is 2.81. The highest BCUT2D eigenvalue weighted by Gasteiger charge is 2.18. The van der Waals surface area contributed by atoms with Crippen molar-refractivity contribution in [3.63, 3.8) is 0 Å². The second-order valence-electron chi connectivity index (χ2n) is 4.39. The molecule has 1 aliphatic rings. The van der Waals surface area contributed by atoms with E-state index in [-0.39, 0.29) is 5.56 Å². The van der Waals surface area contributed by atoms with Gasteiger partial charge in [0.05, 0.1) is 5.69 Å². The van der Waals surface area contributed by atoms with Gasteiger partial charge in [0.2, 0.25) is 0 Å². The smallest absolute Gasteiger partial charge is 0.267 e. The summed E-state index contributed by atoms with van der Waals surface area (Å²) in [6.45, 7) is 0. The Kier molecular flexibility index (Phi) is 2.67. The number of aromatic amines is 1. The maximum absolute atomic E-state index is 11.9. The van der Waals surface area contributed by atoms with Gasteiger partial charge in [-0.1, -0.05) is 22.0 Å². The molecular formula is C13H13BrN2O. The molecule has 88 valence electrons. The zero-order valence-electron chi connectivity index (χ0n) is 9.37. The number of nitrogens with zero attached hydrogens (tertiary/aromatic N) is 1. The number of fused-ring (bicyclic) bond motifs is 1. The average molecular weight is 293 g/mol. The fourth-order valence-electron chi connectivity index (χ4n) is 2.45. The van der Waals surface area contributed by atoms with Gasteiger partial charge in [-0.05, 0) is 43.9 Å². The van der Waals surface area contributed by atoms with E-state index in [4.69, 9.17) is 0 Å². The molecule has 4 heteroatoms. The summed E-state index contributed by atoms with van der Waals surface area (Å²) in [6, 6.07) is 7.99. The van der Waals surface area contributed by atoms with Crippen LogP contribution in [0.5, 0.6) is 0 Å². The number of hydrogen-bond donors (Lipinski definition) is 1. The highest BCUT2D eigenvalue weighted by molar-refractivity contribution is 9.10. The maximum Gasteiger partial charge on any atom is 0.267 e. The van der Waals surface area contributed by atoms with Crippen molar-refractivity contribution in [2.45, 2.75) is 25.7 Å². The van der Waals surface area contributed by atoms with Gasteiger partial charge in [0.25, 0.3) is 5.56 Å². The van der Waals surface area contributed by atoms with Crippen molar-refractivity contribution in [1.82, 2.24) is 9.78 Å². The van der Waals surface area contributed by atoms with Gasteiger partial charge in [0.15, 0.2) is 0 Å². The number of rotatable bonds is 1. The Morgan fingerprint density at radius 2 is 2.06 bits per heavy atom. The molecule has 3 rings (SSSR count). The summed E-state index contributed by atoms with van der Waals surface area (Å²) in [5.41, 5.74) is 3.20. The van der Waals surface area contributed by atoms with Crippen LogP contribution in [0, 0.1) is 0 Å². The lowest BCUT2D eigenvalue weighted by molar-refractivity contribution is 0.653. The van der Waals surface area contributed by atoms with Crippen LogP contribution in [-0.4, -0.2) is 9.78 Å². The first kappa shape index (κ1) is 10.8. The Morgan fingerprint density at radius 1 is 1.24 bits per heavy atom. The van der Waals surface area contributed by atoms with E-state index in [1.807, 2.05) is 28.9 Å². The first-order chi connectivity index (χ1) is 8.25. The van der Waals surface area contributed by atoms with Gasteiger partial charge >= 0.3 is 0 Å². The predicted molar refractivity (Wildman–Crippen MR) is 70.7 cm³/mol.